The van der Waals surface area contributed by atoms with Gasteiger partial charge in [0.1, 0.15) is 6.07 Å². The van der Waals surface area contributed by atoms with Gasteiger partial charge in [-0.3, -0.25) is 0 Å². The predicted octanol–water partition coefficient (Wildman–Crippen LogP) is 4.65. The zero-order valence-corrected chi connectivity index (χ0v) is 12.8. The Morgan fingerprint density at radius 2 is 1.48 bits per heavy atom. The van der Waals surface area contributed by atoms with Gasteiger partial charge in [-0.1, -0.05) is 30.3 Å². The number of benzene rings is 1. The van der Waals surface area contributed by atoms with Gasteiger partial charge in [0.05, 0.1) is 0 Å². The zero-order chi connectivity index (χ0) is 21.1. The van der Waals surface area contributed by atoms with Gasteiger partial charge >= 0.3 is 29.9 Å². The van der Waals surface area contributed by atoms with Gasteiger partial charge in [-0.05, 0) is 18.1 Å². The second kappa shape index (κ2) is 7.50. The summed E-state index contributed by atoms with van der Waals surface area (Å²) in [6.45, 7) is 0. The lowest BCUT2D eigenvalue weighted by molar-refractivity contribution is -0.390. The smallest absolute Gasteiger partial charge is 0.411 e. The molecule has 3 nitrogen and oxygen atoms in total. The molecule has 0 radical (unpaired) electrons. The second-order valence-electron chi connectivity index (χ2n) is 4.98. The summed E-state index contributed by atoms with van der Waals surface area (Å²) >= 11 is 0. The quantitative estimate of drug-likeness (QED) is 0.300. The van der Waals surface area contributed by atoms with Crippen molar-refractivity contribution in [1.29, 1.82) is 5.26 Å². The molecule has 0 aliphatic heterocycles. The number of alkyl halides is 9. The lowest BCUT2D eigenvalue weighted by Crippen LogP contribution is -2.63. The Kier molecular flexibility index (Phi) is 6.20. The molecule has 0 aromatic heterocycles. The van der Waals surface area contributed by atoms with Gasteiger partial charge in [0, 0.05) is 0 Å². The van der Waals surface area contributed by atoms with Gasteiger partial charge in [-0.15, -0.1) is 0 Å². The Morgan fingerprint density at radius 3 is 1.93 bits per heavy atom. The highest BCUT2D eigenvalue weighted by Crippen LogP contribution is 2.53. The third-order valence-electron chi connectivity index (χ3n) is 3.08. The standard InChI is InChI=1S/C15H8F9NO2/c16-12(17,13(18,19)14(20,21)15(22,23)24)11(26)27-10(8-25)7-6-9-4-2-1-3-5-9/h1-5,7H,6H2/b10-7-. The Labute approximate surface area is 145 Å². The number of esters is 1. The molecule has 12 heteroatoms. The number of nitriles is 1. The molecule has 148 valence electrons. The first kappa shape index (κ1) is 22.3. The molecule has 0 fully saturated rings. The van der Waals surface area contributed by atoms with E-state index in [0.29, 0.717) is 11.6 Å². The van der Waals surface area contributed by atoms with Crippen LogP contribution in [0.5, 0.6) is 0 Å². The molecule has 0 aliphatic rings. The van der Waals surface area contributed by atoms with Crippen LogP contribution in [-0.2, 0) is 16.0 Å². The lowest BCUT2D eigenvalue weighted by atomic mass is 10.0. The summed E-state index contributed by atoms with van der Waals surface area (Å²) in [4.78, 5) is 11.1. The van der Waals surface area contributed by atoms with Crippen molar-refractivity contribution in [2.45, 2.75) is 30.4 Å². The van der Waals surface area contributed by atoms with Crippen LogP contribution in [0.15, 0.2) is 42.2 Å². The van der Waals surface area contributed by atoms with Crippen LogP contribution in [0.2, 0.25) is 0 Å². The van der Waals surface area contributed by atoms with Crippen LogP contribution >= 0.6 is 0 Å². The Hall–Kier alpha value is -2.71. The number of nitrogens with zero attached hydrogens (tertiary/aromatic N) is 1. The molecule has 0 saturated heterocycles. The average molecular weight is 405 g/mol. The molecule has 27 heavy (non-hydrogen) atoms. The van der Waals surface area contributed by atoms with Gasteiger partial charge in [-0.25, -0.2) is 4.79 Å². The fourth-order valence-corrected chi connectivity index (χ4v) is 1.60. The second-order valence-corrected chi connectivity index (χ2v) is 4.98. The predicted molar refractivity (Wildman–Crippen MR) is 70.8 cm³/mol. The molecular weight excluding hydrogens is 397 g/mol. The van der Waals surface area contributed by atoms with Gasteiger partial charge in [-0.2, -0.15) is 44.8 Å². The van der Waals surface area contributed by atoms with Crippen molar-refractivity contribution in [3.63, 3.8) is 0 Å². The highest BCUT2D eigenvalue weighted by atomic mass is 19.4. The molecule has 1 rings (SSSR count). The van der Waals surface area contributed by atoms with E-state index in [4.69, 9.17) is 5.26 Å². The third-order valence-corrected chi connectivity index (χ3v) is 3.08. The normalized spacial score (nSPS) is 13.9. The molecule has 0 N–H and O–H groups in total. The van der Waals surface area contributed by atoms with Crippen molar-refractivity contribution in [3.05, 3.63) is 47.7 Å². The van der Waals surface area contributed by atoms with Crippen LogP contribution < -0.4 is 0 Å². The molecule has 0 atom stereocenters. The molecule has 0 bridgehead atoms. The lowest BCUT2D eigenvalue weighted by Gasteiger charge is -2.32. The Morgan fingerprint density at radius 1 is 0.963 bits per heavy atom. The molecule has 1 aromatic carbocycles. The minimum Gasteiger partial charge on any atom is -0.411 e. The molecule has 0 heterocycles. The number of rotatable bonds is 6. The van der Waals surface area contributed by atoms with E-state index >= 15 is 0 Å². The van der Waals surface area contributed by atoms with Crippen LogP contribution in [0.25, 0.3) is 0 Å². The SMILES string of the molecule is N#C/C(=C/Cc1ccccc1)OC(=O)C(F)(F)C(F)(F)C(F)(F)C(F)(F)F. The number of allylic oxidation sites excluding steroid dienone is 2. The Bertz CT molecular complexity index is 749. The first-order chi connectivity index (χ1) is 12.2. The van der Waals surface area contributed by atoms with Crippen molar-refractivity contribution >= 4 is 5.97 Å². The molecule has 0 saturated carbocycles. The first-order valence-electron chi connectivity index (χ1n) is 6.75. The van der Waals surface area contributed by atoms with E-state index in [-0.39, 0.29) is 6.42 Å². The fourth-order valence-electron chi connectivity index (χ4n) is 1.60. The van der Waals surface area contributed by atoms with Crippen LogP contribution in [0.4, 0.5) is 39.5 Å². The summed E-state index contributed by atoms with van der Waals surface area (Å²) in [6, 6.07) is 8.67. The van der Waals surface area contributed by atoms with E-state index in [0.717, 1.165) is 6.07 Å². The largest absolute Gasteiger partial charge is 0.460 e. The summed E-state index contributed by atoms with van der Waals surface area (Å²) in [5.74, 6) is -25.7. The molecular formula is C15H8F9NO2. The maximum Gasteiger partial charge on any atom is 0.460 e. The maximum absolute atomic E-state index is 13.3. The van der Waals surface area contributed by atoms with E-state index < -0.39 is 35.7 Å². The van der Waals surface area contributed by atoms with E-state index in [2.05, 4.69) is 4.74 Å². The number of halogens is 9. The topological polar surface area (TPSA) is 50.1 Å². The minimum absolute atomic E-state index is 0.211. The summed E-state index contributed by atoms with van der Waals surface area (Å²) in [5.41, 5.74) is 0.460. The van der Waals surface area contributed by atoms with Crippen LogP contribution in [0.3, 0.4) is 0 Å². The number of hydrogen-bond acceptors (Lipinski definition) is 3. The number of carbonyl (C=O) groups is 1. The van der Waals surface area contributed by atoms with Gasteiger partial charge in [0.25, 0.3) is 0 Å². The number of ether oxygens (including phenoxy) is 1. The van der Waals surface area contributed by atoms with Gasteiger partial charge in [0.2, 0.25) is 5.76 Å². The first-order valence-corrected chi connectivity index (χ1v) is 6.75. The van der Waals surface area contributed by atoms with Crippen LogP contribution in [0, 0.1) is 11.3 Å². The number of hydrogen-bond donors (Lipinski definition) is 0. The summed E-state index contributed by atoms with van der Waals surface area (Å²) in [6.07, 6.45) is -6.59. The van der Waals surface area contributed by atoms with Crippen molar-refractivity contribution in [2.75, 3.05) is 0 Å². The maximum atomic E-state index is 13.3. The Balaban J connectivity index is 3.06. The van der Waals surface area contributed by atoms with E-state index in [1.54, 1.807) is 6.07 Å². The zero-order valence-electron chi connectivity index (χ0n) is 12.8. The summed E-state index contributed by atoms with van der Waals surface area (Å²) < 4.78 is 118. The van der Waals surface area contributed by atoms with Crippen LogP contribution in [-0.4, -0.2) is 29.9 Å². The molecule has 0 amide bonds. The van der Waals surface area contributed by atoms with Gasteiger partial charge < -0.3 is 4.74 Å². The van der Waals surface area contributed by atoms with Crippen molar-refractivity contribution in [1.82, 2.24) is 0 Å². The monoisotopic (exact) mass is 405 g/mol. The summed E-state index contributed by atoms with van der Waals surface area (Å²) in [7, 11) is 0. The minimum atomic E-state index is -7.23. The summed E-state index contributed by atoms with van der Waals surface area (Å²) in [5, 5.41) is 8.65. The van der Waals surface area contributed by atoms with Crippen molar-refractivity contribution < 1.29 is 49.0 Å². The molecule has 0 spiro atoms. The fraction of sp³-hybridized carbons (Fsp3) is 0.333. The average Bonchev–Trinajstić information content (AvgIpc) is 2.57. The van der Waals surface area contributed by atoms with Crippen molar-refractivity contribution in [3.8, 4) is 6.07 Å². The molecule has 0 aliphatic carbocycles. The molecule has 0 unspecified atom stereocenters. The number of carbonyl (C=O) groups excluding carboxylic acids is 1. The highest BCUT2D eigenvalue weighted by Gasteiger charge is 2.84. The highest BCUT2D eigenvalue weighted by molar-refractivity contribution is 5.80. The van der Waals surface area contributed by atoms with Crippen molar-refractivity contribution in [2.24, 2.45) is 0 Å². The third kappa shape index (κ3) is 4.35. The van der Waals surface area contributed by atoms with E-state index in [9.17, 15) is 44.3 Å². The van der Waals surface area contributed by atoms with E-state index in [1.807, 2.05) is 0 Å². The van der Waals surface area contributed by atoms with E-state index in [1.165, 1.54) is 24.3 Å². The van der Waals surface area contributed by atoms with Crippen LogP contribution in [0.1, 0.15) is 5.56 Å². The van der Waals surface area contributed by atoms with Gasteiger partial charge in [0.15, 0.2) is 0 Å². The molecule has 1 aromatic rings.